The first-order valence-electron chi connectivity index (χ1n) is 4.47. The second-order valence-corrected chi connectivity index (χ2v) is 3.78. The topological polar surface area (TPSA) is 41.8 Å². The maximum atomic E-state index is 11.8. The quantitative estimate of drug-likeness (QED) is 0.624. The van der Waals surface area contributed by atoms with Crippen molar-refractivity contribution in [2.75, 3.05) is 0 Å². The first-order chi connectivity index (χ1) is 5.48. The summed E-state index contributed by atoms with van der Waals surface area (Å²) in [6.07, 6.45) is 1.48. The first-order valence-corrected chi connectivity index (χ1v) is 4.47. The average molecular weight is 168 g/mol. The molecule has 0 spiro atoms. The summed E-state index contributed by atoms with van der Waals surface area (Å²) in [6, 6.07) is 0. The lowest BCUT2D eigenvalue weighted by Gasteiger charge is -2.20. The number of Topliss-reactive ketones (excluding diaryl/α,β-unsaturated/α-hetero) is 1. The van der Waals surface area contributed by atoms with E-state index in [1.54, 1.807) is 0 Å². The van der Waals surface area contributed by atoms with Crippen LogP contribution in [0.5, 0.6) is 0 Å². The van der Waals surface area contributed by atoms with Crippen molar-refractivity contribution in [3.63, 3.8) is 0 Å². The van der Waals surface area contributed by atoms with E-state index in [0.717, 1.165) is 12.8 Å². The van der Waals surface area contributed by atoms with Crippen LogP contribution in [-0.2, 0) is 4.79 Å². The minimum Gasteiger partial charge on any atom is -0.294 e. The summed E-state index contributed by atoms with van der Waals surface area (Å²) in [7, 11) is 0. The van der Waals surface area contributed by atoms with E-state index >= 15 is 0 Å². The van der Waals surface area contributed by atoms with Gasteiger partial charge in [0.05, 0.1) is 0 Å². The summed E-state index contributed by atoms with van der Waals surface area (Å²) in [6.45, 7) is 7.66. The largest absolute Gasteiger partial charge is 0.294 e. The summed E-state index contributed by atoms with van der Waals surface area (Å²) in [4.78, 5) is 11.8. The smallest absolute Gasteiger partial charge is 0.190 e. The van der Waals surface area contributed by atoms with Crippen LogP contribution in [0.25, 0.3) is 0 Å². The number of ketones is 1. The van der Waals surface area contributed by atoms with Gasteiger partial charge < -0.3 is 0 Å². The molecule has 68 valence electrons. The van der Waals surface area contributed by atoms with Crippen LogP contribution in [0.4, 0.5) is 0 Å². The van der Waals surface area contributed by atoms with Gasteiger partial charge in [0.25, 0.3) is 0 Å². The van der Waals surface area contributed by atoms with E-state index in [1.165, 1.54) is 0 Å². The first kappa shape index (κ1) is 9.36. The molecule has 0 bridgehead atoms. The second-order valence-electron chi connectivity index (χ2n) is 3.78. The number of carbonyl (C=O) groups excluding carboxylic acids is 1. The third kappa shape index (κ3) is 1.08. The van der Waals surface area contributed by atoms with Gasteiger partial charge in [0.15, 0.2) is 5.78 Å². The van der Waals surface area contributed by atoms with Crippen LogP contribution in [0.3, 0.4) is 0 Å². The Labute approximate surface area is 73.3 Å². The molecule has 0 aromatic rings. The Hall–Kier alpha value is -0.730. The van der Waals surface area contributed by atoms with Crippen molar-refractivity contribution in [1.29, 1.82) is 0 Å². The second kappa shape index (κ2) is 2.64. The minimum atomic E-state index is -0.551. The molecule has 0 unspecified atom stereocenters. The third-order valence-electron chi connectivity index (χ3n) is 2.85. The van der Waals surface area contributed by atoms with Crippen LogP contribution < -0.4 is 0 Å². The predicted molar refractivity (Wildman–Crippen MR) is 47.3 cm³/mol. The number of hydrogen-bond donors (Lipinski definition) is 0. The van der Waals surface area contributed by atoms with Gasteiger partial charge in [-0.3, -0.25) is 4.79 Å². The summed E-state index contributed by atoms with van der Waals surface area (Å²) in [5.41, 5.74) is -1.10. The molecule has 0 saturated carbocycles. The molecule has 0 N–H and O–H groups in total. The van der Waals surface area contributed by atoms with Crippen LogP contribution in [0.15, 0.2) is 10.2 Å². The molecule has 1 heterocycles. The molecule has 1 aliphatic heterocycles. The van der Waals surface area contributed by atoms with Crippen LogP contribution in [0, 0.1) is 0 Å². The SMILES string of the molecule is CC[C@]1(C)N=N[C@@](C)(CC)C1=O. The Kier molecular flexibility index (Phi) is 2.06. The number of rotatable bonds is 2. The summed E-state index contributed by atoms with van der Waals surface area (Å²) < 4.78 is 0. The molecule has 0 amide bonds. The van der Waals surface area contributed by atoms with Crippen molar-refractivity contribution in [3.05, 3.63) is 0 Å². The van der Waals surface area contributed by atoms with Gasteiger partial charge in [-0.1, -0.05) is 13.8 Å². The average Bonchev–Trinajstić information content (AvgIpc) is 2.32. The standard InChI is InChI=1S/C9H16N2O/c1-5-8(3)7(12)9(4,6-2)11-10-8/h5-6H2,1-4H3/t8-,9-/m0/s1. The van der Waals surface area contributed by atoms with E-state index in [-0.39, 0.29) is 5.78 Å². The molecule has 3 heteroatoms. The molecule has 2 atom stereocenters. The van der Waals surface area contributed by atoms with Gasteiger partial charge in [-0.2, -0.15) is 10.2 Å². The molecule has 0 saturated heterocycles. The molecule has 0 aliphatic carbocycles. The van der Waals surface area contributed by atoms with Gasteiger partial charge in [0, 0.05) is 0 Å². The maximum Gasteiger partial charge on any atom is 0.190 e. The monoisotopic (exact) mass is 168 g/mol. The highest BCUT2D eigenvalue weighted by molar-refractivity contribution is 5.97. The fraction of sp³-hybridized carbons (Fsp3) is 0.889. The van der Waals surface area contributed by atoms with Crippen LogP contribution in [0.1, 0.15) is 40.5 Å². The highest BCUT2D eigenvalue weighted by Crippen LogP contribution is 2.35. The van der Waals surface area contributed by atoms with Gasteiger partial charge >= 0.3 is 0 Å². The molecule has 0 aromatic heterocycles. The van der Waals surface area contributed by atoms with Gasteiger partial charge in [-0.15, -0.1) is 0 Å². The highest BCUT2D eigenvalue weighted by atomic mass is 16.1. The highest BCUT2D eigenvalue weighted by Gasteiger charge is 2.48. The van der Waals surface area contributed by atoms with Crippen molar-refractivity contribution in [1.82, 2.24) is 0 Å². The molecule has 1 rings (SSSR count). The Morgan fingerprint density at radius 3 is 1.58 bits per heavy atom. The predicted octanol–water partition coefficient (Wildman–Crippen LogP) is 2.36. The molecule has 0 fully saturated rings. The number of carbonyl (C=O) groups is 1. The summed E-state index contributed by atoms with van der Waals surface area (Å²) >= 11 is 0. The van der Waals surface area contributed by atoms with Crippen molar-refractivity contribution in [2.45, 2.75) is 51.6 Å². The fourth-order valence-corrected chi connectivity index (χ4v) is 1.35. The molecular weight excluding hydrogens is 152 g/mol. The van der Waals surface area contributed by atoms with Crippen LogP contribution in [0.2, 0.25) is 0 Å². The fourth-order valence-electron chi connectivity index (χ4n) is 1.35. The zero-order chi connectivity index (χ0) is 9.41. The van der Waals surface area contributed by atoms with E-state index in [9.17, 15) is 4.79 Å². The lowest BCUT2D eigenvalue weighted by molar-refractivity contribution is -0.126. The van der Waals surface area contributed by atoms with Gasteiger partial charge in [-0.25, -0.2) is 0 Å². The minimum absolute atomic E-state index is 0.167. The lowest BCUT2D eigenvalue weighted by atomic mass is 9.82. The Morgan fingerprint density at radius 1 is 1.08 bits per heavy atom. The Bertz CT molecular complexity index is 215. The van der Waals surface area contributed by atoms with E-state index in [2.05, 4.69) is 10.2 Å². The van der Waals surface area contributed by atoms with Gasteiger partial charge in [0.2, 0.25) is 0 Å². The number of hydrogen-bond acceptors (Lipinski definition) is 3. The zero-order valence-electron chi connectivity index (χ0n) is 8.22. The van der Waals surface area contributed by atoms with E-state index < -0.39 is 11.1 Å². The van der Waals surface area contributed by atoms with Crippen molar-refractivity contribution in [2.24, 2.45) is 10.2 Å². The number of nitrogens with zero attached hydrogens (tertiary/aromatic N) is 2. The lowest BCUT2D eigenvalue weighted by Crippen LogP contribution is -2.41. The molecule has 0 radical (unpaired) electrons. The van der Waals surface area contributed by atoms with E-state index in [1.807, 2.05) is 27.7 Å². The molecule has 12 heavy (non-hydrogen) atoms. The normalized spacial score (nSPS) is 40.8. The van der Waals surface area contributed by atoms with Gasteiger partial charge in [-0.05, 0) is 26.7 Å². The third-order valence-corrected chi connectivity index (χ3v) is 2.85. The van der Waals surface area contributed by atoms with E-state index in [0.29, 0.717) is 0 Å². The summed E-state index contributed by atoms with van der Waals surface area (Å²) in [5, 5.41) is 8.13. The number of azo groups is 1. The Morgan fingerprint density at radius 2 is 1.42 bits per heavy atom. The zero-order valence-corrected chi connectivity index (χ0v) is 8.22. The van der Waals surface area contributed by atoms with E-state index in [4.69, 9.17) is 0 Å². The maximum absolute atomic E-state index is 11.8. The molecule has 3 nitrogen and oxygen atoms in total. The summed E-state index contributed by atoms with van der Waals surface area (Å²) in [5.74, 6) is 0.167. The van der Waals surface area contributed by atoms with Crippen molar-refractivity contribution >= 4 is 5.78 Å². The van der Waals surface area contributed by atoms with Crippen LogP contribution in [-0.4, -0.2) is 16.9 Å². The molecule has 1 aliphatic rings. The molecule has 0 aromatic carbocycles. The van der Waals surface area contributed by atoms with Gasteiger partial charge in [0.1, 0.15) is 11.1 Å². The molecular formula is C9H16N2O. The van der Waals surface area contributed by atoms with Crippen molar-refractivity contribution < 1.29 is 4.79 Å². The van der Waals surface area contributed by atoms with Crippen molar-refractivity contribution in [3.8, 4) is 0 Å². The Balaban J connectivity index is 2.96. The van der Waals surface area contributed by atoms with Crippen LogP contribution >= 0.6 is 0 Å².